The summed E-state index contributed by atoms with van der Waals surface area (Å²) in [4.78, 5) is 16.2. The van der Waals surface area contributed by atoms with E-state index in [1.54, 1.807) is 24.3 Å². The summed E-state index contributed by atoms with van der Waals surface area (Å²) in [5, 5.41) is 6.33. The van der Waals surface area contributed by atoms with Crippen molar-refractivity contribution in [3.05, 3.63) is 52.1 Å². The second-order valence-corrected chi connectivity index (χ2v) is 5.40. The maximum Gasteiger partial charge on any atom is 0.261 e. The number of carbonyl (C=O) groups excluding carboxylic acids is 1. The molecule has 1 amide bonds. The molecule has 114 valence electrons. The number of anilines is 1. The summed E-state index contributed by atoms with van der Waals surface area (Å²) in [7, 11) is 1.47. The van der Waals surface area contributed by atoms with Crippen LogP contribution in [0.4, 0.5) is 5.82 Å². The number of nitrogens with zero attached hydrogens (tertiary/aromatic N) is 1. The minimum Gasteiger partial charge on any atom is -0.496 e. The van der Waals surface area contributed by atoms with Crippen molar-refractivity contribution in [2.45, 2.75) is 0 Å². The van der Waals surface area contributed by atoms with Gasteiger partial charge in [0.2, 0.25) is 0 Å². The Kier molecular flexibility index (Phi) is 5.54. The highest BCUT2D eigenvalue weighted by Gasteiger charge is 2.14. The summed E-state index contributed by atoms with van der Waals surface area (Å²) < 4.78 is 5.12. The quantitative estimate of drug-likeness (QED) is 0.824. The highest BCUT2D eigenvalue weighted by Crippen LogP contribution is 2.22. The Hall–Kier alpha value is -1.89. The fourth-order valence-electron chi connectivity index (χ4n) is 1.63. The molecule has 0 unspecified atom stereocenters. The molecule has 2 N–H and O–H groups in total. The van der Waals surface area contributed by atoms with Crippen LogP contribution >= 0.6 is 35.4 Å². The molecule has 0 saturated heterocycles. The van der Waals surface area contributed by atoms with E-state index in [4.69, 9.17) is 40.2 Å². The fraction of sp³-hybridized carbons (Fsp3) is 0.0714. The summed E-state index contributed by atoms with van der Waals surface area (Å²) >= 11 is 16.7. The van der Waals surface area contributed by atoms with Crippen molar-refractivity contribution >= 4 is 52.3 Å². The molecule has 0 aliphatic heterocycles. The minimum absolute atomic E-state index is 0.0989. The van der Waals surface area contributed by atoms with E-state index >= 15 is 0 Å². The largest absolute Gasteiger partial charge is 0.496 e. The molecule has 0 aliphatic rings. The van der Waals surface area contributed by atoms with Crippen molar-refractivity contribution in [1.82, 2.24) is 10.3 Å². The van der Waals surface area contributed by atoms with Crippen LogP contribution in [0.1, 0.15) is 10.4 Å². The van der Waals surface area contributed by atoms with Crippen LogP contribution in [0.15, 0.2) is 36.5 Å². The minimum atomic E-state index is -0.439. The molecule has 5 nitrogen and oxygen atoms in total. The lowest BCUT2D eigenvalue weighted by molar-refractivity contribution is 0.0975. The summed E-state index contributed by atoms with van der Waals surface area (Å²) in [6, 6.07) is 8.03. The Morgan fingerprint density at radius 2 is 1.95 bits per heavy atom. The van der Waals surface area contributed by atoms with Gasteiger partial charge < -0.3 is 10.1 Å². The number of pyridine rings is 1. The number of nitrogens with one attached hydrogen (secondary N) is 2. The van der Waals surface area contributed by atoms with E-state index in [0.717, 1.165) is 0 Å². The second-order valence-electron chi connectivity index (χ2n) is 4.11. The van der Waals surface area contributed by atoms with Crippen LogP contribution in [-0.4, -0.2) is 23.1 Å². The van der Waals surface area contributed by atoms with Crippen LogP contribution in [-0.2, 0) is 0 Å². The van der Waals surface area contributed by atoms with E-state index < -0.39 is 5.91 Å². The van der Waals surface area contributed by atoms with Crippen LogP contribution in [0.3, 0.4) is 0 Å². The Bertz CT molecular complexity index is 708. The van der Waals surface area contributed by atoms with Gasteiger partial charge in [0, 0.05) is 11.2 Å². The lowest BCUT2D eigenvalue weighted by atomic mass is 10.2. The molecule has 0 saturated carbocycles. The summed E-state index contributed by atoms with van der Waals surface area (Å²) in [6.07, 6.45) is 1.47. The van der Waals surface area contributed by atoms with Crippen LogP contribution in [0.5, 0.6) is 5.75 Å². The van der Waals surface area contributed by atoms with Gasteiger partial charge in [-0.1, -0.05) is 23.2 Å². The van der Waals surface area contributed by atoms with E-state index in [-0.39, 0.29) is 10.7 Å². The molecule has 0 fully saturated rings. The monoisotopic (exact) mass is 355 g/mol. The van der Waals surface area contributed by atoms with E-state index in [1.165, 1.54) is 19.4 Å². The normalized spacial score (nSPS) is 9.95. The number of hydrogen-bond acceptors (Lipinski definition) is 4. The van der Waals surface area contributed by atoms with Gasteiger partial charge in [-0.3, -0.25) is 10.1 Å². The van der Waals surface area contributed by atoms with Gasteiger partial charge in [0.15, 0.2) is 5.11 Å². The number of ether oxygens (including phenoxy) is 1. The van der Waals surface area contributed by atoms with Crippen molar-refractivity contribution in [2.75, 3.05) is 12.4 Å². The zero-order valence-corrected chi connectivity index (χ0v) is 13.7. The van der Waals surface area contributed by atoms with Crippen molar-refractivity contribution in [1.29, 1.82) is 0 Å². The topological polar surface area (TPSA) is 63.2 Å². The Morgan fingerprint density at radius 3 is 2.59 bits per heavy atom. The van der Waals surface area contributed by atoms with Gasteiger partial charge in [0.1, 0.15) is 11.6 Å². The molecule has 1 aromatic heterocycles. The van der Waals surface area contributed by atoms with Gasteiger partial charge >= 0.3 is 0 Å². The number of aromatic nitrogens is 1. The first kappa shape index (κ1) is 16.5. The van der Waals surface area contributed by atoms with E-state index in [0.29, 0.717) is 21.6 Å². The second kappa shape index (κ2) is 7.40. The van der Waals surface area contributed by atoms with E-state index in [9.17, 15) is 4.79 Å². The van der Waals surface area contributed by atoms with Gasteiger partial charge in [0.05, 0.1) is 17.7 Å². The SMILES string of the molecule is COc1ccc(Cl)cc1C(=O)NC(=S)Nc1ccc(Cl)cn1. The number of amides is 1. The maximum absolute atomic E-state index is 12.2. The Morgan fingerprint density at radius 1 is 1.23 bits per heavy atom. The maximum atomic E-state index is 12.2. The number of rotatable bonds is 3. The standard InChI is InChI=1S/C14H11Cl2N3O2S/c1-21-11-4-2-8(15)6-10(11)13(20)19-14(22)18-12-5-3-9(16)7-17-12/h2-7H,1H3,(H2,17,18,19,20,22). The van der Waals surface area contributed by atoms with Crippen molar-refractivity contribution in [3.8, 4) is 5.75 Å². The molecular weight excluding hydrogens is 345 g/mol. The van der Waals surface area contributed by atoms with Crippen LogP contribution in [0.2, 0.25) is 10.0 Å². The zero-order chi connectivity index (χ0) is 16.1. The highest BCUT2D eigenvalue weighted by molar-refractivity contribution is 7.80. The van der Waals surface area contributed by atoms with Crippen molar-refractivity contribution in [2.24, 2.45) is 0 Å². The predicted molar refractivity (Wildman–Crippen MR) is 90.9 cm³/mol. The number of thiocarbonyl (C=S) groups is 1. The van der Waals surface area contributed by atoms with Crippen LogP contribution in [0.25, 0.3) is 0 Å². The molecule has 0 aliphatic carbocycles. The number of hydrogen-bond donors (Lipinski definition) is 2. The molecule has 0 bridgehead atoms. The predicted octanol–water partition coefficient (Wildman–Crippen LogP) is 3.52. The molecule has 2 aromatic rings. The Balaban J connectivity index is 2.06. The van der Waals surface area contributed by atoms with Crippen LogP contribution in [0, 0.1) is 0 Å². The highest BCUT2D eigenvalue weighted by atomic mass is 35.5. The third-order valence-electron chi connectivity index (χ3n) is 2.60. The number of halogens is 2. The number of carbonyl (C=O) groups is 1. The fourth-order valence-corrected chi connectivity index (χ4v) is 2.11. The molecule has 0 atom stereocenters. The van der Waals surface area contributed by atoms with Gasteiger partial charge in [-0.2, -0.15) is 0 Å². The average Bonchev–Trinajstić information content (AvgIpc) is 2.49. The molecule has 1 heterocycles. The first-order chi connectivity index (χ1) is 10.5. The summed E-state index contributed by atoms with van der Waals surface area (Å²) in [5.41, 5.74) is 0.281. The third kappa shape index (κ3) is 4.30. The average molecular weight is 356 g/mol. The van der Waals surface area contributed by atoms with Gasteiger partial charge in [-0.15, -0.1) is 0 Å². The zero-order valence-electron chi connectivity index (χ0n) is 11.4. The number of benzene rings is 1. The van der Waals surface area contributed by atoms with Crippen molar-refractivity contribution < 1.29 is 9.53 Å². The first-order valence-corrected chi connectivity index (χ1v) is 7.23. The van der Waals surface area contributed by atoms with Crippen molar-refractivity contribution in [3.63, 3.8) is 0 Å². The van der Waals surface area contributed by atoms with E-state index in [2.05, 4.69) is 15.6 Å². The van der Waals surface area contributed by atoms with E-state index in [1.807, 2.05) is 0 Å². The summed E-state index contributed by atoms with van der Waals surface area (Å²) in [5.74, 6) is 0.424. The first-order valence-electron chi connectivity index (χ1n) is 6.07. The smallest absolute Gasteiger partial charge is 0.261 e. The lowest BCUT2D eigenvalue weighted by Crippen LogP contribution is -2.34. The summed E-state index contributed by atoms with van der Waals surface area (Å²) in [6.45, 7) is 0. The molecule has 22 heavy (non-hydrogen) atoms. The lowest BCUT2D eigenvalue weighted by Gasteiger charge is -2.11. The molecule has 0 spiro atoms. The Labute approximate surface area is 142 Å². The van der Waals surface area contributed by atoms with Gasteiger partial charge in [-0.05, 0) is 42.5 Å². The van der Waals surface area contributed by atoms with Gasteiger partial charge in [0.25, 0.3) is 5.91 Å². The third-order valence-corrected chi connectivity index (χ3v) is 3.26. The molecule has 8 heteroatoms. The molecule has 1 aromatic carbocycles. The number of methoxy groups -OCH3 is 1. The molecule has 0 radical (unpaired) electrons. The van der Waals surface area contributed by atoms with Gasteiger partial charge in [-0.25, -0.2) is 4.98 Å². The molecular formula is C14H11Cl2N3O2S. The van der Waals surface area contributed by atoms with Crippen LogP contribution < -0.4 is 15.4 Å². The molecule has 2 rings (SSSR count).